The Morgan fingerprint density at radius 2 is 2.07 bits per heavy atom. The molecule has 2 atom stereocenters. The number of nitrogens with zero attached hydrogens (tertiary/aromatic N) is 1. The van der Waals surface area contributed by atoms with Crippen molar-refractivity contribution in [1.82, 2.24) is 15.3 Å². The van der Waals surface area contributed by atoms with Gasteiger partial charge in [-0.3, -0.25) is 4.79 Å². The molecular weight excluding hydrogens is 380 g/mol. The van der Waals surface area contributed by atoms with Crippen LogP contribution in [0.15, 0.2) is 54.7 Å². The molecule has 6 heteroatoms. The Balaban J connectivity index is 1.18. The number of rotatable bonds is 6. The van der Waals surface area contributed by atoms with Crippen LogP contribution in [0.25, 0.3) is 21.1 Å². The summed E-state index contributed by atoms with van der Waals surface area (Å²) in [4.78, 5) is 22.1. The Bertz CT molecular complexity index is 1110. The van der Waals surface area contributed by atoms with Crippen molar-refractivity contribution in [2.75, 3.05) is 19.6 Å². The van der Waals surface area contributed by atoms with Gasteiger partial charge >= 0.3 is 0 Å². The molecule has 2 aromatic heterocycles. The fourth-order valence-corrected chi connectivity index (χ4v) is 5.57. The number of nitrogens with one attached hydrogen (secondary N) is 3. The number of fused-ring (bicyclic) bond motifs is 2. The molecule has 1 fully saturated rings. The number of aromatic nitrogens is 2. The Kier molecular flexibility index (Phi) is 5.04. The molecule has 1 aliphatic rings. The van der Waals surface area contributed by atoms with Gasteiger partial charge in [0, 0.05) is 36.5 Å². The molecule has 148 valence electrons. The van der Waals surface area contributed by atoms with Gasteiger partial charge < -0.3 is 15.2 Å². The van der Waals surface area contributed by atoms with E-state index in [0.29, 0.717) is 19.1 Å². The van der Waals surface area contributed by atoms with Crippen molar-refractivity contribution in [2.45, 2.75) is 25.3 Å². The lowest BCUT2D eigenvalue weighted by molar-refractivity contribution is -0.910. The molecule has 0 saturated carbocycles. The van der Waals surface area contributed by atoms with Crippen molar-refractivity contribution in [3.8, 4) is 0 Å². The maximum absolute atomic E-state index is 12.6. The van der Waals surface area contributed by atoms with Gasteiger partial charge in [0.2, 0.25) is 0 Å². The number of H-pyrrole nitrogens is 1. The summed E-state index contributed by atoms with van der Waals surface area (Å²) >= 11 is 1.78. The van der Waals surface area contributed by atoms with Gasteiger partial charge in [-0.1, -0.05) is 30.3 Å². The fourth-order valence-electron chi connectivity index (χ4n) is 4.40. The van der Waals surface area contributed by atoms with Gasteiger partial charge in [0.05, 0.1) is 16.8 Å². The van der Waals surface area contributed by atoms with Crippen molar-refractivity contribution >= 4 is 38.4 Å². The molecule has 0 radical (unpaired) electrons. The molecule has 3 heterocycles. The Labute approximate surface area is 173 Å². The third-order valence-corrected chi connectivity index (χ3v) is 7.02. The van der Waals surface area contributed by atoms with Crippen LogP contribution in [-0.2, 0) is 11.2 Å². The molecule has 0 spiro atoms. The summed E-state index contributed by atoms with van der Waals surface area (Å²) in [6.45, 7) is 2.23. The molecule has 4 aromatic rings. The number of thiazole rings is 1. The molecule has 0 aliphatic carbocycles. The van der Waals surface area contributed by atoms with Crippen LogP contribution < -0.4 is 10.2 Å². The van der Waals surface area contributed by atoms with Gasteiger partial charge in [-0.2, -0.15) is 0 Å². The molecule has 3 N–H and O–H groups in total. The largest absolute Gasteiger partial charge is 0.361 e. The molecule has 0 bridgehead atoms. The van der Waals surface area contributed by atoms with Crippen LogP contribution in [0, 0.1) is 0 Å². The van der Waals surface area contributed by atoms with Crippen molar-refractivity contribution in [2.24, 2.45) is 0 Å². The highest BCUT2D eigenvalue weighted by atomic mass is 32.1. The normalized spacial score (nSPS) is 19.2. The zero-order valence-corrected chi connectivity index (χ0v) is 17.1. The zero-order valence-electron chi connectivity index (χ0n) is 16.3. The van der Waals surface area contributed by atoms with Gasteiger partial charge in [-0.15, -0.1) is 11.3 Å². The third kappa shape index (κ3) is 3.78. The number of carbonyl (C=O) groups is 1. The van der Waals surface area contributed by atoms with Gasteiger partial charge in [-0.25, -0.2) is 4.98 Å². The van der Waals surface area contributed by atoms with Gasteiger partial charge in [0.1, 0.15) is 6.04 Å². The molecule has 1 amide bonds. The molecule has 1 unspecified atom stereocenters. The molecule has 29 heavy (non-hydrogen) atoms. The van der Waals surface area contributed by atoms with Crippen molar-refractivity contribution in [3.63, 3.8) is 0 Å². The average Bonchev–Trinajstić information content (AvgIpc) is 3.46. The minimum absolute atomic E-state index is 0.132. The highest BCUT2D eigenvalue weighted by Crippen LogP contribution is 2.28. The maximum atomic E-state index is 12.6. The minimum atomic E-state index is 0.132. The number of quaternary nitrogens is 1. The van der Waals surface area contributed by atoms with E-state index in [1.807, 2.05) is 18.3 Å². The van der Waals surface area contributed by atoms with E-state index in [0.717, 1.165) is 36.8 Å². The number of hydrogen-bond acceptors (Lipinski definition) is 3. The van der Waals surface area contributed by atoms with E-state index in [9.17, 15) is 4.79 Å². The van der Waals surface area contributed by atoms with E-state index in [2.05, 4.69) is 46.7 Å². The lowest BCUT2D eigenvalue weighted by Gasteiger charge is -2.19. The van der Waals surface area contributed by atoms with Crippen LogP contribution in [0.5, 0.6) is 0 Å². The smallest absolute Gasteiger partial charge is 0.275 e. The summed E-state index contributed by atoms with van der Waals surface area (Å²) in [7, 11) is 0. The quantitative estimate of drug-likeness (QED) is 0.462. The van der Waals surface area contributed by atoms with Crippen LogP contribution in [0.1, 0.15) is 29.5 Å². The third-order valence-electron chi connectivity index (χ3n) is 5.87. The fraction of sp³-hybridized carbons (Fsp3) is 0.304. The number of carbonyl (C=O) groups excluding carboxylic acids is 1. The van der Waals surface area contributed by atoms with Crippen molar-refractivity contribution < 1.29 is 9.69 Å². The average molecular weight is 406 g/mol. The summed E-state index contributed by atoms with van der Waals surface area (Å²) < 4.78 is 1.23. The summed E-state index contributed by atoms with van der Waals surface area (Å²) in [5, 5.41) is 5.53. The molecule has 2 aromatic carbocycles. The van der Waals surface area contributed by atoms with Crippen molar-refractivity contribution in [1.29, 1.82) is 0 Å². The monoisotopic (exact) mass is 405 g/mol. The second-order valence-electron chi connectivity index (χ2n) is 7.76. The first-order valence-electron chi connectivity index (χ1n) is 10.3. The predicted octanol–water partition coefficient (Wildman–Crippen LogP) is 2.86. The topological polar surface area (TPSA) is 62.2 Å². The number of benzene rings is 2. The number of aromatic amines is 1. The molecule has 1 aliphatic heterocycles. The summed E-state index contributed by atoms with van der Waals surface area (Å²) in [6, 6.07) is 16.9. The van der Waals surface area contributed by atoms with Crippen molar-refractivity contribution in [3.05, 3.63) is 65.3 Å². The number of likely N-dealkylation sites (tertiary alicyclic amines) is 1. The Morgan fingerprint density at radius 3 is 3.00 bits per heavy atom. The van der Waals surface area contributed by atoms with Crippen LogP contribution in [0.4, 0.5) is 0 Å². The second-order valence-corrected chi connectivity index (χ2v) is 8.82. The highest BCUT2D eigenvalue weighted by molar-refractivity contribution is 7.18. The second kappa shape index (κ2) is 7.97. The molecule has 5 nitrogen and oxygen atoms in total. The van der Waals surface area contributed by atoms with Gasteiger partial charge in [0.25, 0.3) is 5.91 Å². The van der Waals surface area contributed by atoms with Crippen LogP contribution in [-0.4, -0.2) is 35.5 Å². The standard InChI is InChI=1S/C23H24N4OS/c28-22(24-12-11-16-14-25-18-7-2-1-6-17(16)18)15-27-13-5-9-20(27)23-26-19-8-3-4-10-21(19)29-23/h1-4,6-8,10,14,20,25H,5,9,11-13,15H2,(H,24,28)/p+1/t20-/m1/s1. The van der Waals surface area contributed by atoms with E-state index < -0.39 is 0 Å². The minimum Gasteiger partial charge on any atom is -0.361 e. The summed E-state index contributed by atoms with van der Waals surface area (Å²) in [6.07, 6.45) is 5.15. The van der Waals surface area contributed by atoms with E-state index in [4.69, 9.17) is 4.98 Å². The van der Waals surface area contributed by atoms with E-state index >= 15 is 0 Å². The Morgan fingerprint density at radius 1 is 1.21 bits per heavy atom. The van der Waals surface area contributed by atoms with E-state index in [1.165, 1.54) is 25.6 Å². The first-order chi connectivity index (χ1) is 14.3. The highest BCUT2D eigenvalue weighted by Gasteiger charge is 2.33. The number of para-hydroxylation sites is 2. The van der Waals surface area contributed by atoms with E-state index in [1.54, 1.807) is 11.3 Å². The van der Waals surface area contributed by atoms with Crippen LogP contribution in [0.2, 0.25) is 0 Å². The number of amides is 1. The van der Waals surface area contributed by atoms with Crippen LogP contribution >= 0.6 is 11.3 Å². The first kappa shape index (κ1) is 18.3. The van der Waals surface area contributed by atoms with Gasteiger partial charge in [0.15, 0.2) is 11.6 Å². The molecular formula is C23H25N4OS+. The maximum Gasteiger partial charge on any atom is 0.275 e. The van der Waals surface area contributed by atoms with Gasteiger partial charge in [-0.05, 0) is 30.2 Å². The number of hydrogen-bond donors (Lipinski definition) is 3. The Hall–Kier alpha value is -2.70. The summed E-state index contributed by atoms with van der Waals surface area (Å²) in [5.74, 6) is 0.132. The lowest BCUT2D eigenvalue weighted by atomic mass is 10.1. The SMILES string of the molecule is O=C(C[NH+]1CCC[C@@H]1c1nc2ccccc2s1)NCCc1c[nH]c2ccccc12. The molecule has 5 rings (SSSR count). The summed E-state index contributed by atoms with van der Waals surface area (Å²) in [5.41, 5.74) is 3.47. The zero-order chi connectivity index (χ0) is 19.6. The van der Waals surface area contributed by atoms with Crippen LogP contribution in [0.3, 0.4) is 0 Å². The predicted molar refractivity (Wildman–Crippen MR) is 117 cm³/mol. The lowest BCUT2D eigenvalue weighted by Crippen LogP contribution is -3.11. The van der Waals surface area contributed by atoms with E-state index in [-0.39, 0.29) is 5.91 Å². The molecule has 1 saturated heterocycles. The first-order valence-corrected chi connectivity index (χ1v) is 11.1.